The molecule has 5 N–H and O–H groups in total. The Hall–Kier alpha value is -2.82. The van der Waals surface area contributed by atoms with Gasteiger partial charge in [0.2, 0.25) is 5.95 Å². The maximum Gasteiger partial charge on any atom is 0.394 e. The fourth-order valence-electron chi connectivity index (χ4n) is 3.43. The molecule has 0 radical (unpaired) electrons. The topological polar surface area (TPSA) is 157 Å². The summed E-state index contributed by atoms with van der Waals surface area (Å²) in [6.07, 6.45) is 0.865. The van der Waals surface area contributed by atoms with Crippen LogP contribution in [0.5, 0.6) is 5.75 Å². The molecule has 2 aromatic rings. The molecule has 0 saturated carbocycles. The third-order valence-corrected chi connectivity index (χ3v) is 6.51. The SMILES string of the molecule is CCCCNc1nc(N)nc(C)c1Cc1ccc(CC(=O)OCCCC(F)(F)P(=O)(O)O)cc1OC. The van der Waals surface area contributed by atoms with Crippen molar-refractivity contribution >= 4 is 25.3 Å². The standard InChI is InChI=1S/C23H33F2N4O6P/c1-4-5-10-27-21-18(15(2)28-22(26)29-21)14-17-8-7-16(12-19(17)34-3)13-20(30)35-11-6-9-23(24,25)36(31,32)33/h7-8,12H,4-6,9-11,13-14H2,1-3H3,(H2,31,32,33)(H3,26,27,28,29). The highest BCUT2D eigenvalue weighted by Gasteiger charge is 2.47. The van der Waals surface area contributed by atoms with E-state index in [2.05, 4.69) is 22.2 Å². The number of aryl methyl sites for hydroxylation is 1. The number of nitrogen functional groups attached to an aromatic ring is 1. The molecule has 0 fully saturated rings. The van der Waals surface area contributed by atoms with Gasteiger partial charge in [0.25, 0.3) is 0 Å². The number of hydrogen-bond acceptors (Lipinski definition) is 8. The smallest absolute Gasteiger partial charge is 0.394 e. The van der Waals surface area contributed by atoms with E-state index in [1.54, 1.807) is 12.1 Å². The summed E-state index contributed by atoms with van der Waals surface area (Å²) >= 11 is 0. The van der Waals surface area contributed by atoms with Crippen LogP contribution >= 0.6 is 7.60 Å². The molecular formula is C23H33F2N4O6P. The number of aromatic nitrogens is 2. The largest absolute Gasteiger partial charge is 0.496 e. The zero-order chi connectivity index (χ0) is 26.9. The molecule has 0 saturated heterocycles. The van der Waals surface area contributed by atoms with Crippen LogP contribution in [0.15, 0.2) is 18.2 Å². The Kier molecular flexibility index (Phi) is 10.6. The van der Waals surface area contributed by atoms with E-state index in [9.17, 15) is 18.1 Å². The van der Waals surface area contributed by atoms with Crippen molar-refractivity contribution < 1.29 is 37.4 Å². The number of nitrogens with zero attached hydrogens (tertiary/aromatic N) is 2. The molecule has 10 nitrogen and oxygen atoms in total. The number of nitrogens with two attached hydrogens (primary N) is 1. The minimum absolute atomic E-state index is 0.126. The summed E-state index contributed by atoms with van der Waals surface area (Å²) in [5.74, 6) is 0.723. The Morgan fingerprint density at radius 1 is 1.25 bits per heavy atom. The van der Waals surface area contributed by atoms with E-state index in [4.69, 9.17) is 25.0 Å². The monoisotopic (exact) mass is 530 g/mol. The zero-order valence-corrected chi connectivity index (χ0v) is 21.5. The first-order valence-electron chi connectivity index (χ1n) is 11.5. The minimum Gasteiger partial charge on any atom is -0.496 e. The molecule has 0 aliphatic carbocycles. The molecule has 2 rings (SSSR count). The Labute approximate surface area is 208 Å². The number of carbonyl (C=O) groups excluding carboxylic acids is 1. The van der Waals surface area contributed by atoms with Gasteiger partial charge in [-0.3, -0.25) is 9.36 Å². The lowest BCUT2D eigenvalue weighted by Gasteiger charge is -2.17. The number of methoxy groups -OCH3 is 1. The van der Waals surface area contributed by atoms with Crippen molar-refractivity contribution in [1.82, 2.24) is 9.97 Å². The number of halogens is 2. The lowest BCUT2D eigenvalue weighted by atomic mass is 10.0. The van der Waals surface area contributed by atoms with Crippen LogP contribution in [-0.2, 0) is 26.9 Å². The number of benzene rings is 1. The van der Waals surface area contributed by atoms with Crippen LogP contribution in [0.3, 0.4) is 0 Å². The van der Waals surface area contributed by atoms with E-state index in [-0.39, 0.29) is 25.4 Å². The average Bonchev–Trinajstić information content (AvgIpc) is 2.79. The Balaban J connectivity index is 2.04. The Morgan fingerprint density at radius 3 is 2.61 bits per heavy atom. The number of hydrogen-bond donors (Lipinski definition) is 4. The predicted octanol–water partition coefficient (Wildman–Crippen LogP) is 3.82. The summed E-state index contributed by atoms with van der Waals surface area (Å²) in [4.78, 5) is 38.0. The molecular weight excluding hydrogens is 497 g/mol. The zero-order valence-electron chi connectivity index (χ0n) is 20.6. The number of anilines is 2. The van der Waals surface area contributed by atoms with Gasteiger partial charge in [0.05, 0.1) is 20.1 Å². The second kappa shape index (κ2) is 12.9. The van der Waals surface area contributed by atoms with Gasteiger partial charge in [-0.15, -0.1) is 0 Å². The summed E-state index contributed by atoms with van der Waals surface area (Å²) in [6.45, 7) is 4.31. The van der Waals surface area contributed by atoms with Crippen LogP contribution in [0.1, 0.15) is 55.0 Å². The normalized spacial score (nSPS) is 11.9. The molecule has 0 spiro atoms. The lowest BCUT2D eigenvalue weighted by molar-refractivity contribution is -0.143. The van der Waals surface area contributed by atoms with Crippen molar-refractivity contribution in [2.24, 2.45) is 0 Å². The van der Waals surface area contributed by atoms with Gasteiger partial charge in [-0.1, -0.05) is 25.5 Å². The summed E-state index contributed by atoms with van der Waals surface area (Å²) in [5.41, 5.74) is 4.72. The van der Waals surface area contributed by atoms with Crippen LogP contribution in [-0.4, -0.2) is 51.6 Å². The summed E-state index contributed by atoms with van der Waals surface area (Å²) in [6, 6.07) is 5.24. The third-order valence-electron chi connectivity index (χ3n) is 5.43. The van der Waals surface area contributed by atoms with Gasteiger partial charge >= 0.3 is 19.2 Å². The van der Waals surface area contributed by atoms with Crippen molar-refractivity contribution in [3.8, 4) is 5.75 Å². The van der Waals surface area contributed by atoms with Gasteiger partial charge in [0, 0.05) is 30.6 Å². The van der Waals surface area contributed by atoms with Crippen LogP contribution < -0.4 is 15.8 Å². The first-order valence-corrected chi connectivity index (χ1v) is 13.1. The van der Waals surface area contributed by atoms with Gasteiger partial charge in [-0.05, 0) is 37.0 Å². The Bertz CT molecular complexity index is 1100. The molecule has 0 atom stereocenters. The van der Waals surface area contributed by atoms with E-state index in [1.807, 2.05) is 13.0 Å². The van der Waals surface area contributed by atoms with Gasteiger partial charge in [-0.25, -0.2) is 4.98 Å². The number of carbonyl (C=O) groups is 1. The fraction of sp³-hybridized carbons (Fsp3) is 0.522. The van der Waals surface area contributed by atoms with E-state index in [1.165, 1.54) is 7.11 Å². The van der Waals surface area contributed by atoms with Gasteiger partial charge in [0.15, 0.2) is 0 Å². The molecule has 1 heterocycles. The van der Waals surface area contributed by atoms with Crippen LogP contribution in [0.2, 0.25) is 0 Å². The van der Waals surface area contributed by atoms with E-state index in [0.717, 1.165) is 36.2 Å². The molecule has 1 aromatic heterocycles. The second-order valence-corrected chi connectivity index (χ2v) is 10.1. The molecule has 0 aliphatic heterocycles. The van der Waals surface area contributed by atoms with Crippen molar-refractivity contribution in [3.63, 3.8) is 0 Å². The van der Waals surface area contributed by atoms with Crippen molar-refractivity contribution in [3.05, 3.63) is 40.6 Å². The maximum absolute atomic E-state index is 13.3. The van der Waals surface area contributed by atoms with E-state index >= 15 is 0 Å². The number of unbranched alkanes of at least 4 members (excludes halogenated alkanes) is 1. The molecule has 1 aromatic carbocycles. The fourth-order valence-corrected chi connectivity index (χ4v) is 3.88. The highest BCUT2D eigenvalue weighted by molar-refractivity contribution is 7.53. The molecule has 13 heteroatoms. The average molecular weight is 531 g/mol. The Morgan fingerprint density at radius 2 is 1.97 bits per heavy atom. The first kappa shape index (κ1) is 29.4. The van der Waals surface area contributed by atoms with Gasteiger partial charge < -0.3 is 30.3 Å². The van der Waals surface area contributed by atoms with Gasteiger partial charge in [0.1, 0.15) is 11.6 Å². The van der Waals surface area contributed by atoms with Crippen molar-refractivity contribution in [2.45, 2.75) is 58.0 Å². The number of esters is 1. The summed E-state index contributed by atoms with van der Waals surface area (Å²) in [5, 5.41) is 3.31. The summed E-state index contributed by atoms with van der Waals surface area (Å²) in [7, 11) is -4.04. The number of nitrogens with one attached hydrogen (secondary N) is 1. The molecule has 0 unspecified atom stereocenters. The molecule has 0 amide bonds. The number of alkyl halides is 2. The highest BCUT2D eigenvalue weighted by Crippen LogP contribution is 2.55. The highest BCUT2D eigenvalue weighted by atomic mass is 31.2. The maximum atomic E-state index is 13.3. The minimum atomic E-state index is -5.55. The van der Waals surface area contributed by atoms with Crippen molar-refractivity contribution in [1.29, 1.82) is 0 Å². The molecule has 0 bridgehead atoms. The van der Waals surface area contributed by atoms with Crippen molar-refractivity contribution in [2.75, 3.05) is 31.3 Å². The van der Waals surface area contributed by atoms with Crippen LogP contribution in [0.25, 0.3) is 0 Å². The molecule has 36 heavy (non-hydrogen) atoms. The lowest BCUT2D eigenvalue weighted by Crippen LogP contribution is -2.18. The summed E-state index contributed by atoms with van der Waals surface area (Å²) < 4.78 is 47.8. The van der Waals surface area contributed by atoms with Crippen LogP contribution in [0.4, 0.5) is 20.5 Å². The molecule has 200 valence electrons. The van der Waals surface area contributed by atoms with Crippen LogP contribution in [0, 0.1) is 6.92 Å². The number of ether oxygens (including phenoxy) is 2. The number of rotatable bonds is 14. The van der Waals surface area contributed by atoms with E-state index in [0.29, 0.717) is 23.6 Å². The second-order valence-electron chi connectivity index (χ2n) is 8.31. The predicted molar refractivity (Wildman–Crippen MR) is 131 cm³/mol. The quantitative estimate of drug-likeness (QED) is 0.161. The molecule has 0 aliphatic rings. The van der Waals surface area contributed by atoms with Gasteiger partial charge in [-0.2, -0.15) is 13.8 Å². The van der Waals surface area contributed by atoms with E-state index < -0.39 is 25.6 Å². The first-order chi connectivity index (χ1) is 16.9. The third kappa shape index (κ3) is 8.39.